The molecule has 0 bridgehead atoms. The number of halogens is 1. The predicted molar refractivity (Wildman–Crippen MR) is 94.9 cm³/mol. The Morgan fingerprint density at radius 2 is 2.20 bits per heavy atom. The van der Waals surface area contributed by atoms with Gasteiger partial charge in [0.2, 0.25) is 0 Å². The van der Waals surface area contributed by atoms with E-state index in [2.05, 4.69) is 10.6 Å². The van der Waals surface area contributed by atoms with Crippen molar-refractivity contribution in [2.75, 3.05) is 39.5 Å². The maximum Gasteiger partial charge on any atom is 0.409 e. The van der Waals surface area contributed by atoms with Gasteiger partial charge in [-0.1, -0.05) is 12.1 Å². The number of ether oxygens (including phenoxy) is 2. The van der Waals surface area contributed by atoms with Crippen LogP contribution in [0.1, 0.15) is 23.6 Å². The molecule has 1 aliphatic heterocycles. The highest BCUT2D eigenvalue weighted by molar-refractivity contribution is 7.80. The van der Waals surface area contributed by atoms with Crippen LogP contribution in [-0.2, 0) is 15.9 Å². The summed E-state index contributed by atoms with van der Waals surface area (Å²) >= 11 is 5.27. The van der Waals surface area contributed by atoms with Crippen LogP contribution in [0.3, 0.4) is 0 Å². The van der Waals surface area contributed by atoms with E-state index in [9.17, 15) is 9.18 Å². The van der Waals surface area contributed by atoms with E-state index in [0.717, 1.165) is 17.5 Å². The second-order valence-corrected chi connectivity index (χ2v) is 6.42. The lowest BCUT2D eigenvalue weighted by Gasteiger charge is -2.26. The minimum absolute atomic E-state index is 0.0154. The van der Waals surface area contributed by atoms with E-state index in [1.807, 2.05) is 6.07 Å². The molecule has 2 N–H and O–H groups in total. The van der Waals surface area contributed by atoms with Crippen LogP contribution >= 0.6 is 12.2 Å². The first-order chi connectivity index (χ1) is 12.1. The second kappa shape index (κ2) is 8.44. The van der Waals surface area contributed by atoms with Crippen molar-refractivity contribution in [2.24, 2.45) is 0 Å². The number of nitrogens with zero attached hydrogens (tertiary/aromatic N) is 1. The SMILES string of the molecule is O=C(OCCNC(=S)NC1CCc2c(F)cccc21)N1CCOCC1. The van der Waals surface area contributed by atoms with Crippen LogP contribution in [0.25, 0.3) is 0 Å². The quantitative estimate of drug-likeness (QED) is 0.625. The van der Waals surface area contributed by atoms with Crippen molar-refractivity contribution in [2.45, 2.75) is 18.9 Å². The summed E-state index contributed by atoms with van der Waals surface area (Å²) in [7, 11) is 0. The number of fused-ring (bicyclic) bond motifs is 1. The van der Waals surface area contributed by atoms with Gasteiger partial charge in [0, 0.05) is 13.1 Å². The highest BCUT2D eigenvalue weighted by atomic mass is 32.1. The molecule has 136 valence electrons. The molecular formula is C17H22FN3O3S. The topological polar surface area (TPSA) is 62.8 Å². The Kier molecular flexibility index (Phi) is 6.04. The van der Waals surface area contributed by atoms with Gasteiger partial charge < -0.3 is 25.0 Å². The zero-order valence-electron chi connectivity index (χ0n) is 13.9. The van der Waals surface area contributed by atoms with Crippen molar-refractivity contribution >= 4 is 23.4 Å². The third-order valence-electron chi connectivity index (χ3n) is 4.40. The second-order valence-electron chi connectivity index (χ2n) is 6.01. The largest absolute Gasteiger partial charge is 0.448 e. The maximum absolute atomic E-state index is 13.7. The highest BCUT2D eigenvalue weighted by Crippen LogP contribution is 2.32. The van der Waals surface area contributed by atoms with Crippen LogP contribution in [0.2, 0.25) is 0 Å². The third kappa shape index (κ3) is 4.58. The Labute approximate surface area is 151 Å². The van der Waals surface area contributed by atoms with E-state index in [-0.39, 0.29) is 24.6 Å². The van der Waals surface area contributed by atoms with Crippen molar-refractivity contribution in [3.8, 4) is 0 Å². The number of benzene rings is 1. The number of carbonyl (C=O) groups excluding carboxylic acids is 1. The summed E-state index contributed by atoms with van der Waals surface area (Å²) in [6, 6.07) is 5.15. The van der Waals surface area contributed by atoms with Gasteiger partial charge in [-0.05, 0) is 42.3 Å². The number of nitrogens with one attached hydrogen (secondary N) is 2. The number of hydrogen-bond donors (Lipinski definition) is 2. The first kappa shape index (κ1) is 17.9. The average Bonchev–Trinajstić information content (AvgIpc) is 3.03. The molecule has 0 saturated carbocycles. The van der Waals surface area contributed by atoms with Gasteiger partial charge in [-0.3, -0.25) is 0 Å². The molecule has 3 rings (SSSR count). The van der Waals surface area contributed by atoms with Crippen molar-refractivity contribution < 1.29 is 18.7 Å². The molecule has 2 aliphatic rings. The Balaban J connectivity index is 1.37. The summed E-state index contributed by atoms with van der Waals surface area (Å²) in [5.74, 6) is -0.157. The van der Waals surface area contributed by atoms with Gasteiger partial charge in [-0.25, -0.2) is 9.18 Å². The van der Waals surface area contributed by atoms with Crippen LogP contribution in [0.15, 0.2) is 18.2 Å². The molecule has 0 aromatic heterocycles. The van der Waals surface area contributed by atoms with Crippen LogP contribution < -0.4 is 10.6 Å². The number of thiocarbonyl (C=S) groups is 1. The predicted octanol–water partition coefficient (Wildman–Crippen LogP) is 1.75. The van der Waals surface area contributed by atoms with E-state index in [1.54, 1.807) is 11.0 Å². The van der Waals surface area contributed by atoms with Gasteiger partial charge >= 0.3 is 6.09 Å². The molecule has 1 amide bonds. The normalized spacial score (nSPS) is 19.2. The van der Waals surface area contributed by atoms with Gasteiger partial charge in [0.1, 0.15) is 12.4 Å². The fraction of sp³-hybridized carbons (Fsp3) is 0.529. The number of hydrogen-bond acceptors (Lipinski definition) is 4. The number of carbonyl (C=O) groups is 1. The summed E-state index contributed by atoms with van der Waals surface area (Å²) in [6.45, 7) is 2.86. The van der Waals surface area contributed by atoms with E-state index in [4.69, 9.17) is 21.7 Å². The van der Waals surface area contributed by atoms with Crippen molar-refractivity contribution in [1.29, 1.82) is 0 Å². The zero-order valence-corrected chi connectivity index (χ0v) is 14.7. The van der Waals surface area contributed by atoms with E-state index >= 15 is 0 Å². The van der Waals surface area contributed by atoms with Crippen molar-refractivity contribution in [3.05, 3.63) is 35.1 Å². The molecule has 1 heterocycles. The number of amides is 1. The van der Waals surface area contributed by atoms with Gasteiger partial charge in [0.15, 0.2) is 5.11 Å². The number of rotatable bonds is 4. The molecule has 1 aromatic rings. The molecule has 25 heavy (non-hydrogen) atoms. The molecular weight excluding hydrogens is 345 g/mol. The van der Waals surface area contributed by atoms with Crippen LogP contribution in [-0.4, -0.2) is 55.6 Å². The molecule has 8 heteroatoms. The molecule has 0 radical (unpaired) electrons. The van der Waals surface area contributed by atoms with Gasteiger partial charge in [-0.2, -0.15) is 0 Å². The molecule has 1 atom stereocenters. The monoisotopic (exact) mass is 367 g/mol. The average molecular weight is 367 g/mol. The molecule has 1 aromatic carbocycles. The summed E-state index contributed by atoms with van der Waals surface area (Å²) in [5.41, 5.74) is 1.73. The Hall–Kier alpha value is -1.93. The lowest BCUT2D eigenvalue weighted by molar-refractivity contribution is 0.0277. The Morgan fingerprint density at radius 3 is 3.00 bits per heavy atom. The van der Waals surface area contributed by atoms with Crippen molar-refractivity contribution in [3.63, 3.8) is 0 Å². The fourth-order valence-corrected chi connectivity index (χ4v) is 3.35. The zero-order chi connectivity index (χ0) is 17.6. The Morgan fingerprint density at radius 1 is 1.40 bits per heavy atom. The molecule has 6 nitrogen and oxygen atoms in total. The summed E-state index contributed by atoms with van der Waals surface area (Å²) < 4.78 is 24.1. The summed E-state index contributed by atoms with van der Waals surface area (Å²) in [4.78, 5) is 13.5. The van der Waals surface area contributed by atoms with Gasteiger partial charge in [0.25, 0.3) is 0 Å². The first-order valence-corrected chi connectivity index (χ1v) is 8.87. The molecule has 1 saturated heterocycles. The minimum atomic E-state index is -0.329. The minimum Gasteiger partial charge on any atom is -0.448 e. The van der Waals surface area contributed by atoms with E-state index in [1.165, 1.54) is 6.07 Å². The maximum atomic E-state index is 13.7. The highest BCUT2D eigenvalue weighted by Gasteiger charge is 2.25. The van der Waals surface area contributed by atoms with Crippen LogP contribution in [0, 0.1) is 5.82 Å². The molecule has 0 spiro atoms. The molecule has 1 fully saturated rings. The summed E-state index contributed by atoms with van der Waals surface area (Å²) in [5, 5.41) is 6.70. The van der Waals surface area contributed by atoms with Crippen molar-refractivity contribution in [1.82, 2.24) is 15.5 Å². The lowest BCUT2D eigenvalue weighted by Crippen LogP contribution is -2.42. The van der Waals surface area contributed by atoms with Gasteiger partial charge in [0.05, 0.1) is 25.8 Å². The molecule has 1 unspecified atom stereocenters. The van der Waals surface area contributed by atoms with Gasteiger partial charge in [-0.15, -0.1) is 0 Å². The van der Waals surface area contributed by atoms with Crippen LogP contribution in [0.4, 0.5) is 9.18 Å². The van der Waals surface area contributed by atoms with Crippen LogP contribution in [0.5, 0.6) is 0 Å². The molecule has 1 aliphatic carbocycles. The third-order valence-corrected chi connectivity index (χ3v) is 4.66. The lowest BCUT2D eigenvalue weighted by atomic mass is 10.1. The number of morpholine rings is 1. The van der Waals surface area contributed by atoms with E-state index in [0.29, 0.717) is 44.4 Å². The van der Waals surface area contributed by atoms with E-state index < -0.39 is 0 Å². The first-order valence-electron chi connectivity index (χ1n) is 8.46. The fourth-order valence-electron chi connectivity index (χ4n) is 3.11. The Bertz CT molecular complexity index is 638. The standard InChI is InChI=1S/C17H22FN3O3S/c18-14-3-1-2-13-12(14)4-5-15(13)20-16(25)19-6-9-24-17(22)21-7-10-23-11-8-21/h1-3,15H,4-11H2,(H2,19,20,25). The summed E-state index contributed by atoms with van der Waals surface area (Å²) in [6.07, 6.45) is 1.19. The smallest absolute Gasteiger partial charge is 0.409 e.